The molecule has 1 amide bonds. The fourth-order valence-corrected chi connectivity index (χ4v) is 1.88. The molecule has 0 radical (unpaired) electrons. The Balaban J connectivity index is 1.91. The largest absolute Gasteiger partial charge is 0.482 e. The number of para-hydroxylation sites is 1. The topological polar surface area (TPSA) is 53.3 Å². The number of rotatable bonds is 5. The lowest BCUT2D eigenvalue weighted by atomic mass is 10.2. The summed E-state index contributed by atoms with van der Waals surface area (Å²) in [5.74, 6) is 0.299. The zero-order chi connectivity index (χ0) is 15.1. The highest BCUT2D eigenvalue weighted by Gasteiger charge is 2.11. The van der Waals surface area contributed by atoms with Gasteiger partial charge in [-0.05, 0) is 17.7 Å². The first-order chi connectivity index (χ1) is 10.2. The molecule has 0 saturated heterocycles. The maximum absolute atomic E-state index is 12.0. The molecule has 0 aliphatic heterocycles. The molecule has 4 heteroatoms. The SMILES string of the molecule is CN(Cc1ccccc1)C(=O)COc1ccccc1C#N. The maximum atomic E-state index is 12.0. The summed E-state index contributed by atoms with van der Waals surface area (Å²) in [6.45, 7) is 0.449. The van der Waals surface area contributed by atoms with Gasteiger partial charge in [0.1, 0.15) is 11.8 Å². The number of nitriles is 1. The van der Waals surface area contributed by atoms with E-state index in [4.69, 9.17) is 10.00 Å². The van der Waals surface area contributed by atoms with Crippen LogP contribution in [0.4, 0.5) is 0 Å². The van der Waals surface area contributed by atoms with E-state index < -0.39 is 0 Å². The molecule has 2 aromatic carbocycles. The minimum absolute atomic E-state index is 0.0813. The van der Waals surface area contributed by atoms with Crippen molar-refractivity contribution in [2.24, 2.45) is 0 Å². The lowest BCUT2D eigenvalue weighted by Gasteiger charge is -2.17. The van der Waals surface area contributed by atoms with Crippen LogP contribution in [0.5, 0.6) is 5.75 Å². The Hall–Kier alpha value is -2.80. The molecule has 0 aliphatic rings. The van der Waals surface area contributed by atoms with Gasteiger partial charge in [0.25, 0.3) is 5.91 Å². The molecule has 0 unspecified atom stereocenters. The highest BCUT2D eigenvalue weighted by atomic mass is 16.5. The second-order valence-electron chi connectivity index (χ2n) is 4.63. The minimum atomic E-state index is -0.133. The van der Waals surface area contributed by atoms with Crippen LogP contribution in [0.3, 0.4) is 0 Å². The smallest absolute Gasteiger partial charge is 0.260 e. The van der Waals surface area contributed by atoms with Crippen LogP contribution in [0.25, 0.3) is 0 Å². The summed E-state index contributed by atoms with van der Waals surface area (Å²) >= 11 is 0. The van der Waals surface area contributed by atoms with Gasteiger partial charge in [0.15, 0.2) is 6.61 Å². The third-order valence-electron chi connectivity index (χ3n) is 3.05. The van der Waals surface area contributed by atoms with Gasteiger partial charge in [0.2, 0.25) is 0 Å². The van der Waals surface area contributed by atoms with Crippen molar-refractivity contribution in [3.63, 3.8) is 0 Å². The van der Waals surface area contributed by atoms with Gasteiger partial charge in [-0.1, -0.05) is 42.5 Å². The molecular weight excluding hydrogens is 264 g/mol. The average Bonchev–Trinajstić information content (AvgIpc) is 2.53. The quantitative estimate of drug-likeness (QED) is 0.846. The molecule has 21 heavy (non-hydrogen) atoms. The lowest BCUT2D eigenvalue weighted by molar-refractivity contribution is -0.132. The molecule has 0 spiro atoms. The van der Waals surface area contributed by atoms with Crippen LogP contribution in [-0.2, 0) is 11.3 Å². The summed E-state index contributed by atoms with van der Waals surface area (Å²) in [6.07, 6.45) is 0. The zero-order valence-electron chi connectivity index (χ0n) is 11.8. The van der Waals surface area contributed by atoms with Crippen LogP contribution in [0.1, 0.15) is 11.1 Å². The number of nitrogens with zero attached hydrogens (tertiary/aromatic N) is 2. The van der Waals surface area contributed by atoms with Gasteiger partial charge < -0.3 is 9.64 Å². The fourth-order valence-electron chi connectivity index (χ4n) is 1.88. The number of hydrogen-bond acceptors (Lipinski definition) is 3. The van der Waals surface area contributed by atoms with E-state index in [0.29, 0.717) is 17.9 Å². The van der Waals surface area contributed by atoms with Crippen molar-refractivity contribution in [2.75, 3.05) is 13.7 Å². The number of benzene rings is 2. The first-order valence-electron chi connectivity index (χ1n) is 6.60. The summed E-state index contributed by atoms with van der Waals surface area (Å²) in [6, 6.07) is 18.7. The van der Waals surface area contributed by atoms with Gasteiger partial charge in [-0.2, -0.15) is 5.26 Å². The van der Waals surface area contributed by atoms with Crippen molar-refractivity contribution in [3.8, 4) is 11.8 Å². The van der Waals surface area contributed by atoms with Gasteiger partial charge in [-0.25, -0.2) is 0 Å². The number of ether oxygens (including phenoxy) is 1. The van der Waals surface area contributed by atoms with E-state index in [0.717, 1.165) is 5.56 Å². The van der Waals surface area contributed by atoms with Crippen LogP contribution in [-0.4, -0.2) is 24.5 Å². The number of carbonyl (C=O) groups excluding carboxylic acids is 1. The van der Waals surface area contributed by atoms with Crippen molar-refractivity contribution in [1.29, 1.82) is 5.26 Å². The van der Waals surface area contributed by atoms with Gasteiger partial charge in [0, 0.05) is 13.6 Å². The predicted octanol–water partition coefficient (Wildman–Crippen LogP) is 2.60. The molecule has 4 nitrogen and oxygen atoms in total. The highest BCUT2D eigenvalue weighted by molar-refractivity contribution is 5.77. The van der Waals surface area contributed by atoms with E-state index in [-0.39, 0.29) is 12.5 Å². The van der Waals surface area contributed by atoms with E-state index in [2.05, 4.69) is 0 Å². The monoisotopic (exact) mass is 280 g/mol. The molecule has 0 bridgehead atoms. The molecule has 0 N–H and O–H groups in total. The van der Waals surface area contributed by atoms with E-state index in [1.807, 2.05) is 36.4 Å². The number of hydrogen-bond donors (Lipinski definition) is 0. The summed E-state index contributed by atoms with van der Waals surface area (Å²) < 4.78 is 5.43. The zero-order valence-corrected chi connectivity index (χ0v) is 11.8. The summed E-state index contributed by atoms with van der Waals surface area (Å²) in [5, 5.41) is 8.96. The van der Waals surface area contributed by atoms with Crippen molar-refractivity contribution in [2.45, 2.75) is 6.54 Å². The van der Waals surface area contributed by atoms with Crippen LogP contribution in [0.15, 0.2) is 54.6 Å². The Morgan fingerprint density at radius 2 is 1.81 bits per heavy atom. The number of likely N-dealkylation sites (N-methyl/N-ethyl adjacent to an activating group) is 1. The molecule has 0 heterocycles. The van der Waals surface area contributed by atoms with Crippen molar-refractivity contribution >= 4 is 5.91 Å². The third kappa shape index (κ3) is 4.08. The number of amides is 1. The Morgan fingerprint density at radius 3 is 2.52 bits per heavy atom. The van der Waals surface area contributed by atoms with E-state index >= 15 is 0 Å². The van der Waals surface area contributed by atoms with Crippen molar-refractivity contribution in [3.05, 3.63) is 65.7 Å². The lowest BCUT2D eigenvalue weighted by Crippen LogP contribution is -2.31. The third-order valence-corrected chi connectivity index (χ3v) is 3.05. The average molecular weight is 280 g/mol. The molecule has 0 aromatic heterocycles. The molecule has 106 valence electrons. The van der Waals surface area contributed by atoms with E-state index in [1.54, 1.807) is 36.2 Å². The van der Waals surface area contributed by atoms with Crippen LogP contribution < -0.4 is 4.74 Å². The van der Waals surface area contributed by atoms with Gasteiger partial charge in [-0.15, -0.1) is 0 Å². The fraction of sp³-hybridized carbons (Fsp3) is 0.176. The summed E-state index contributed by atoms with van der Waals surface area (Å²) in [7, 11) is 1.73. The van der Waals surface area contributed by atoms with Crippen molar-refractivity contribution in [1.82, 2.24) is 4.90 Å². The summed E-state index contributed by atoms with van der Waals surface area (Å²) in [4.78, 5) is 13.6. The highest BCUT2D eigenvalue weighted by Crippen LogP contribution is 2.16. The second-order valence-corrected chi connectivity index (χ2v) is 4.63. The standard InChI is InChI=1S/C17H16N2O2/c1-19(12-14-7-3-2-4-8-14)17(20)13-21-16-10-6-5-9-15(16)11-18/h2-10H,12-13H2,1H3. The van der Waals surface area contributed by atoms with E-state index in [1.165, 1.54) is 0 Å². The first-order valence-corrected chi connectivity index (χ1v) is 6.60. The van der Waals surface area contributed by atoms with Crippen LogP contribution in [0, 0.1) is 11.3 Å². The van der Waals surface area contributed by atoms with Crippen LogP contribution in [0.2, 0.25) is 0 Å². The summed E-state index contributed by atoms with van der Waals surface area (Å²) in [5.41, 5.74) is 1.49. The second kappa shape index (κ2) is 7.11. The van der Waals surface area contributed by atoms with Crippen LogP contribution >= 0.6 is 0 Å². The normalized spacial score (nSPS) is 9.71. The Labute approximate surface area is 124 Å². The molecular formula is C17H16N2O2. The van der Waals surface area contributed by atoms with Crippen molar-refractivity contribution < 1.29 is 9.53 Å². The predicted molar refractivity (Wildman–Crippen MR) is 79.6 cm³/mol. The van der Waals surface area contributed by atoms with E-state index in [9.17, 15) is 4.79 Å². The Morgan fingerprint density at radius 1 is 1.14 bits per heavy atom. The van der Waals surface area contributed by atoms with Gasteiger partial charge >= 0.3 is 0 Å². The molecule has 2 aromatic rings. The molecule has 0 atom stereocenters. The van der Waals surface area contributed by atoms with Gasteiger partial charge in [0.05, 0.1) is 5.56 Å². The Bertz CT molecular complexity index is 647. The number of carbonyl (C=O) groups is 1. The van der Waals surface area contributed by atoms with Gasteiger partial charge in [-0.3, -0.25) is 4.79 Å². The molecule has 0 fully saturated rings. The first kappa shape index (κ1) is 14.6. The molecule has 0 saturated carbocycles. The maximum Gasteiger partial charge on any atom is 0.260 e. The Kier molecular flexibility index (Phi) is 4.94. The molecule has 0 aliphatic carbocycles. The minimum Gasteiger partial charge on any atom is -0.482 e. The molecule has 2 rings (SSSR count).